The minimum atomic E-state index is -4.36. The van der Waals surface area contributed by atoms with E-state index in [1.807, 2.05) is 20.8 Å². The van der Waals surface area contributed by atoms with Gasteiger partial charge in [0, 0.05) is 12.0 Å². The molecule has 1 fully saturated rings. The molecular formula is C14H21F3N+. The number of hydrogen-bond donors (Lipinski definition) is 0. The molecule has 1 nitrogen and oxygen atoms in total. The maximum absolute atomic E-state index is 12.6. The Hall–Kier alpha value is -1.06. The number of halogens is 3. The quantitative estimate of drug-likeness (QED) is 0.400. The van der Waals surface area contributed by atoms with Gasteiger partial charge in [0.2, 0.25) is 0 Å². The van der Waals surface area contributed by atoms with E-state index in [0.717, 1.165) is 24.6 Å². The van der Waals surface area contributed by atoms with Gasteiger partial charge in [-0.05, 0) is 13.3 Å². The van der Waals surface area contributed by atoms with E-state index in [1.54, 1.807) is 4.58 Å². The van der Waals surface area contributed by atoms with Crippen LogP contribution in [0, 0.1) is 5.92 Å². The van der Waals surface area contributed by atoms with Crippen molar-refractivity contribution in [1.29, 1.82) is 0 Å². The first-order valence-electron chi connectivity index (χ1n) is 6.32. The Morgan fingerprint density at radius 1 is 1.39 bits per heavy atom. The van der Waals surface area contributed by atoms with Crippen LogP contribution in [-0.2, 0) is 0 Å². The van der Waals surface area contributed by atoms with Gasteiger partial charge >= 0.3 is 6.18 Å². The summed E-state index contributed by atoms with van der Waals surface area (Å²) < 4.78 is 39.4. The van der Waals surface area contributed by atoms with E-state index in [1.165, 1.54) is 0 Å². The average Bonchev–Trinajstić information content (AvgIpc) is 2.89. The first-order chi connectivity index (χ1) is 8.25. The normalized spacial score (nSPS) is 28.4. The van der Waals surface area contributed by atoms with E-state index < -0.39 is 11.7 Å². The molecule has 0 aliphatic heterocycles. The fourth-order valence-corrected chi connectivity index (χ4v) is 2.90. The molecule has 1 aliphatic carbocycles. The maximum atomic E-state index is 12.6. The lowest BCUT2D eigenvalue weighted by Gasteiger charge is -2.14. The van der Waals surface area contributed by atoms with E-state index in [-0.39, 0.29) is 5.54 Å². The Morgan fingerprint density at radius 2 is 1.94 bits per heavy atom. The smallest absolute Gasteiger partial charge is 0.226 e. The molecule has 0 amide bonds. The van der Waals surface area contributed by atoms with E-state index in [9.17, 15) is 13.2 Å². The molecule has 4 heteroatoms. The number of allylic oxidation sites excluding steroid dienone is 1. The van der Waals surface area contributed by atoms with Crippen LogP contribution in [-0.4, -0.2) is 29.1 Å². The van der Waals surface area contributed by atoms with Crippen LogP contribution in [0.25, 0.3) is 0 Å². The van der Waals surface area contributed by atoms with Crippen molar-refractivity contribution < 1.29 is 17.7 Å². The van der Waals surface area contributed by atoms with Gasteiger partial charge in [-0.2, -0.15) is 13.2 Å². The van der Waals surface area contributed by atoms with Crippen molar-refractivity contribution in [3.63, 3.8) is 0 Å². The largest absolute Gasteiger partial charge is 0.421 e. The summed E-state index contributed by atoms with van der Waals surface area (Å²) in [4.78, 5) is 0. The predicted molar refractivity (Wildman–Crippen MR) is 68.0 cm³/mol. The van der Waals surface area contributed by atoms with Gasteiger partial charge in [0.1, 0.15) is 12.1 Å². The summed E-state index contributed by atoms with van der Waals surface area (Å²) >= 11 is 0. The molecule has 0 aromatic heterocycles. The lowest BCUT2D eigenvalue weighted by atomic mass is 10.1. The van der Waals surface area contributed by atoms with Crippen LogP contribution >= 0.6 is 0 Å². The van der Waals surface area contributed by atoms with Crippen LogP contribution in [0.5, 0.6) is 0 Å². The van der Waals surface area contributed by atoms with Crippen molar-refractivity contribution in [2.24, 2.45) is 5.92 Å². The molecule has 2 unspecified atom stereocenters. The van der Waals surface area contributed by atoms with Gasteiger partial charge < -0.3 is 0 Å². The second-order valence-corrected chi connectivity index (χ2v) is 4.70. The molecule has 1 rings (SSSR count). The molecule has 0 saturated heterocycles. The zero-order valence-electron chi connectivity index (χ0n) is 11.3. The van der Waals surface area contributed by atoms with E-state index in [0.29, 0.717) is 12.5 Å². The second-order valence-electron chi connectivity index (χ2n) is 4.70. The molecule has 1 aliphatic rings. The predicted octanol–water partition coefficient (Wildman–Crippen LogP) is 3.95. The highest BCUT2D eigenvalue weighted by atomic mass is 19.4. The maximum Gasteiger partial charge on any atom is 0.421 e. The SMILES string of the molecule is C=C(C=[N+](CC)C1(CC)C(=C)C1CC)C(F)(F)F. The zero-order chi connectivity index (χ0) is 14.1. The third kappa shape index (κ3) is 2.25. The standard InChI is InChI=1S/C14H21F3N/c1-6-12-11(5)13(12,7-2)18(8-3)9-10(4)14(15,16)17/h9,12H,4-8H2,1-3H3/q+1. The second kappa shape index (κ2) is 4.90. The van der Waals surface area contributed by atoms with Crippen LogP contribution in [0.2, 0.25) is 0 Å². The van der Waals surface area contributed by atoms with Crippen molar-refractivity contribution in [3.05, 3.63) is 24.3 Å². The summed E-state index contributed by atoms with van der Waals surface area (Å²) in [5.41, 5.74) is -0.0511. The van der Waals surface area contributed by atoms with Crippen molar-refractivity contribution in [3.8, 4) is 0 Å². The molecular weight excluding hydrogens is 239 g/mol. The molecule has 102 valence electrons. The lowest BCUT2D eigenvalue weighted by molar-refractivity contribution is -0.574. The monoisotopic (exact) mass is 260 g/mol. The summed E-state index contributed by atoms with van der Waals surface area (Å²) in [6, 6.07) is 0. The van der Waals surface area contributed by atoms with Crippen molar-refractivity contribution in [1.82, 2.24) is 0 Å². The summed E-state index contributed by atoms with van der Waals surface area (Å²) in [6.45, 7) is 13.5. The van der Waals surface area contributed by atoms with Gasteiger partial charge in [-0.1, -0.05) is 27.0 Å². The van der Waals surface area contributed by atoms with Gasteiger partial charge in [0.05, 0.1) is 5.92 Å². The molecule has 0 spiro atoms. The van der Waals surface area contributed by atoms with Crippen LogP contribution < -0.4 is 0 Å². The fraction of sp³-hybridized carbons (Fsp3) is 0.643. The first kappa shape index (κ1) is 15.0. The topological polar surface area (TPSA) is 3.01 Å². The zero-order valence-corrected chi connectivity index (χ0v) is 11.3. The van der Waals surface area contributed by atoms with Crippen molar-refractivity contribution in [2.45, 2.75) is 45.3 Å². The van der Waals surface area contributed by atoms with Crippen LogP contribution in [0.3, 0.4) is 0 Å². The summed E-state index contributed by atoms with van der Waals surface area (Å²) in [5.74, 6) is 0.291. The van der Waals surface area contributed by atoms with E-state index in [4.69, 9.17) is 0 Å². The van der Waals surface area contributed by atoms with E-state index in [2.05, 4.69) is 13.2 Å². The Kier molecular flexibility index (Phi) is 4.08. The Morgan fingerprint density at radius 3 is 2.22 bits per heavy atom. The highest BCUT2D eigenvalue weighted by Gasteiger charge is 2.65. The number of rotatable bonds is 5. The van der Waals surface area contributed by atoms with E-state index >= 15 is 0 Å². The number of likely N-dealkylation sites (N-methyl/N-ethyl adjacent to an activating group) is 1. The Labute approximate surface area is 107 Å². The van der Waals surface area contributed by atoms with Crippen molar-refractivity contribution in [2.75, 3.05) is 6.54 Å². The minimum absolute atomic E-state index is 0.291. The van der Waals surface area contributed by atoms with Gasteiger partial charge in [0.25, 0.3) is 0 Å². The highest BCUT2D eigenvalue weighted by Crippen LogP contribution is 2.55. The average molecular weight is 260 g/mol. The number of hydrogen-bond acceptors (Lipinski definition) is 0. The van der Waals surface area contributed by atoms with Crippen LogP contribution in [0.15, 0.2) is 24.3 Å². The van der Waals surface area contributed by atoms with Gasteiger partial charge in [-0.15, -0.1) is 0 Å². The third-order valence-electron chi connectivity index (χ3n) is 3.95. The van der Waals surface area contributed by atoms with Gasteiger partial charge in [-0.3, -0.25) is 0 Å². The molecule has 0 aromatic rings. The molecule has 2 atom stereocenters. The summed E-state index contributed by atoms with van der Waals surface area (Å²) in [7, 11) is 0. The van der Waals surface area contributed by atoms with Gasteiger partial charge in [-0.25, -0.2) is 4.58 Å². The van der Waals surface area contributed by atoms with Crippen molar-refractivity contribution >= 4 is 6.21 Å². The van der Waals surface area contributed by atoms with Gasteiger partial charge in [0.15, 0.2) is 11.8 Å². The molecule has 0 bridgehead atoms. The minimum Gasteiger partial charge on any atom is -0.226 e. The highest BCUT2D eigenvalue weighted by molar-refractivity contribution is 5.75. The molecule has 0 N–H and O–H groups in total. The molecule has 1 saturated carbocycles. The molecule has 18 heavy (non-hydrogen) atoms. The number of alkyl halides is 3. The Balaban J connectivity index is 3.08. The lowest BCUT2D eigenvalue weighted by Crippen LogP contribution is -2.33. The summed E-state index contributed by atoms with van der Waals surface area (Å²) in [5, 5.41) is 0. The summed E-state index contributed by atoms with van der Waals surface area (Å²) in [6.07, 6.45) is -1.53. The van der Waals surface area contributed by atoms with Crippen LogP contribution in [0.4, 0.5) is 13.2 Å². The first-order valence-corrected chi connectivity index (χ1v) is 6.32. The molecule has 0 radical (unpaired) electrons. The third-order valence-corrected chi connectivity index (χ3v) is 3.95. The Bertz CT molecular complexity index is 392. The molecule has 0 aromatic carbocycles. The molecule has 0 heterocycles. The fourth-order valence-electron chi connectivity index (χ4n) is 2.90. The van der Waals surface area contributed by atoms with Crippen LogP contribution in [0.1, 0.15) is 33.6 Å². The number of nitrogens with zero attached hydrogens (tertiary/aromatic N) is 1.